The highest BCUT2D eigenvalue weighted by atomic mass is 15.3. The molecule has 4 aromatic heterocycles. The van der Waals surface area contributed by atoms with Crippen LogP contribution in [0.4, 0.5) is 5.82 Å². The van der Waals surface area contributed by atoms with E-state index in [0.29, 0.717) is 42.2 Å². The fourth-order valence-corrected chi connectivity index (χ4v) is 4.44. The van der Waals surface area contributed by atoms with Crippen molar-refractivity contribution in [2.45, 2.75) is 31.7 Å². The van der Waals surface area contributed by atoms with Crippen LogP contribution in [0.1, 0.15) is 24.8 Å². The third-order valence-corrected chi connectivity index (χ3v) is 6.23. The molecule has 158 valence electrons. The Bertz CT molecular complexity index is 1400. The van der Waals surface area contributed by atoms with Crippen LogP contribution in [0.15, 0.2) is 36.7 Å². The number of nitriles is 2. The van der Waals surface area contributed by atoms with Gasteiger partial charge in [-0.1, -0.05) is 0 Å². The lowest BCUT2D eigenvalue weighted by Gasteiger charge is -2.43. The zero-order chi connectivity index (χ0) is 22.5. The molecule has 2 N–H and O–H groups in total. The molecule has 9 nitrogen and oxygen atoms in total. The second-order valence-corrected chi connectivity index (χ2v) is 8.40. The van der Waals surface area contributed by atoms with Gasteiger partial charge in [0.15, 0.2) is 0 Å². The quantitative estimate of drug-likeness (QED) is 0.532. The molecule has 4 aromatic rings. The maximum Gasteiger partial charge on any atom is 0.122 e. The molecule has 1 fully saturated rings. The van der Waals surface area contributed by atoms with Gasteiger partial charge in [-0.25, -0.2) is 4.98 Å². The average molecular weight is 423 g/mol. The first kappa shape index (κ1) is 19.7. The van der Waals surface area contributed by atoms with Crippen LogP contribution in [0, 0.1) is 35.5 Å². The molecule has 0 radical (unpaired) electrons. The molecular formula is C23H21N9. The van der Waals surface area contributed by atoms with Gasteiger partial charge >= 0.3 is 0 Å². The molecule has 1 saturated carbocycles. The monoisotopic (exact) mass is 423 g/mol. The number of nitrogens with two attached hydrogens (primary N) is 1. The van der Waals surface area contributed by atoms with Crippen LogP contribution in [-0.4, -0.2) is 29.5 Å². The predicted octanol–water partition coefficient (Wildman–Crippen LogP) is 3.33. The van der Waals surface area contributed by atoms with Crippen molar-refractivity contribution >= 4 is 16.7 Å². The van der Waals surface area contributed by atoms with E-state index in [9.17, 15) is 10.5 Å². The van der Waals surface area contributed by atoms with E-state index in [-0.39, 0.29) is 5.92 Å². The highest BCUT2D eigenvalue weighted by molar-refractivity contribution is 5.94. The van der Waals surface area contributed by atoms with E-state index in [1.165, 1.54) is 0 Å². The Kier molecular flexibility index (Phi) is 4.42. The highest BCUT2D eigenvalue weighted by Crippen LogP contribution is 2.46. The molecule has 0 spiro atoms. The summed E-state index contributed by atoms with van der Waals surface area (Å²) >= 11 is 0. The van der Waals surface area contributed by atoms with Gasteiger partial charge in [0.25, 0.3) is 0 Å². The Morgan fingerprint density at radius 3 is 2.69 bits per heavy atom. The lowest BCUT2D eigenvalue weighted by Crippen LogP contribution is -2.46. The Hall–Kier alpha value is -4.24. The van der Waals surface area contributed by atoms with Crippen molar-refractivity contribution in [3.8, 4) is 34.9 Å². The summed E-state index contributed by atoms with van der Waals surface area (Å²) in [5.41, 5.74) is 10.0. The normalized spacial score (nSPS) is 19.9. The SMILES string of the molecule is Cc1cn(C2(CC#N)CC(C#N)C2)nc1-c1nc(-c2cc(N)n(C)n2)cc2ncccc12. The van der Waals surface area contributed by atoms with Gasteiger partial charge in [-0.3, -0.25) is 14.3 Å². The molecule has 0 unspecified atom stereocenters. The van der Waals surface area contributed by atoms with Gasteiger partial charge in [-0.15, -0.1) is 0 Å². The van der Waals surface area contributed by atoms with Crippen LogP contribution in [0.5, 0.6) is 0 Å². The van der Waals surface area contributed by atoms with Crippen LogP contribution < -0.4 is 5.73 Å². The van der Waals surface area contributed by atoms with E-state index in [1.807, 2.05) is 36.0 Å². The van der Waals surface area contributed by atoms with Crippen LogP contribution >= 0.6 is 0 Å². The maximum absolute atomic E-state index is 9.39. The molecule has 0 bridgehead atoms. The summed E-state index contributed by atoms with van der Waals surface area (Å²) in [6.45, 7) is 1.98. The summed E-state index contributed by atoms with van der Waals surface area (Å²) in [6.07, 6.45) is 5.26. The van der Waals surface area contributed by atoms with Crippen molar-refractivity contribution in [2.24, 2.45) is 13.0 Å². The van der Waals surface area contributed by atoms with Gasteiger partial charge in [0.2, 0.25) is 0 Å². The summed E-state index contributed by atoms with van der Waals surface area (Å²) in [4.78, 5) is 9.43. The smallest absolute Gasteiger partial charge is 0.122 e. The molecule has 0 amide bonds. The Labute approximate surface area is 184 Å². The predicted molar refractivity (Wildman–Crippen MR) is 119 cm³/mol. The molecule has 1 aliphatic rings. The van der Waals surface area contributed by atoms with Gasteiger partial charge in [-0.2, -0.15) is 20.7 Å². The number of hydrogen-bond donors (Lipinski definition) is 1. The Morgan fingerprint density at radius 1 is 1.19 bits per heavy atom. The molecular weight excluding hydrogens is 402 g/mol. The van der Waals surface area contributed by atoms with Crippen molar-refractivity contribution in [3.63, 3.8) is 0 Å². The lowest BCUT2D eigenvalue weighted by atomic mass is 9.67. The van der Waals surface area contributed by atoms with Crippen LogP contribution in [-0.2, 0) is 12.6 Å². The Balaban J connectivity index is 1.67. The van der Waals surface area contributed by atoms with Gasteiger partial charge in [-0.05, 0) is 43.5 Å². The van der Waals surface area contributed by atoms with Crippen molar-refractivity contribution in [1.29, 1.82) is 10.5 Å². The molecule has 5 rings (SSSR count). The van der Waals surface area contributed by atoms with Crippen LogP contribution in [0.3, 0.4) is 0 Å². The zero-order valence-electron chi connectivity index (χ0n) is 17.8. The van der Waals surface area contributed by atoms with Gasteiger partial charge in [0.05, 0.1) is 41.2 Å². The number of fused-ring (bicyclic) bond motifs is 1. The summed E-state index contributed by atoms with van der Waals surface area (Å²) < 4.78 is 3.47. The fraction of sp³-hybridized carbons (Fsp3) is 0.304. The summed E-state index contributed by atoms with van der Waals surface area (Å²) in [7, 11) is 1.78. The van der Waals surface area contributed by atoms with E-state index in [4.69, 9.17) is 15.8 Å². The van der Waals surface area contributed by atoms with E-state index in [1.54, 1.807) is 24.0 Å². The van der Waals surface area contributed by atoms with Crippen molar-refractivity contribution in [2.75, 3.05) is 5.73 Å². The second kappa shape index (κ2) is 7.17. The molecule has 9 heteroatoms. The minimum Gasteiger partial charge on any atom is -0.384 e. The molecule has 4 heterocycles. The van der Waals surface area contributed by atoms with Gasteiger partial charge in [0.1, 0.15) is 22.9 Å². The minimum atomic E-state index is -0.445. The van der Waals surface area contributed by atoms with Crippen molar-refractivity contribution in [1.82, 2.24) is 29.5 Å². The third-order valence-electron chi connectivity index (χ3n) is 6.23. The minimum absolute atomic E-state index is 0.0441. The maximum atomic E-state index is 9.39. The molecule has 0 aromatic carbocycles. The molecule has 0 atom stereocenters. The highest BCUT2D eigenvalue weighted by Gasteiger charge is 2.47. The summed E-state index contributed by atoms with van der Waals surface area (Å²) in [6, 6.07) is 12.1. The van der Waals surface area contributed by atoms with Crippen molar-refractivity contribution < 1.29 is 0 Å². The molecule has 0 aliphatic heterocycles. The number of aromatic nitrogens is 6. The number of nitrogens with zero attached hydrogens (tertiary/aromatic N) is 8. The van der Waals surface area contributed by atoms with Gasteiger partial charge < -0.3 is 5.73 Å². The largest absolute Gasteiger partial charge is 0.384 e. The number of anilines is 1. The van der Waals surface area contributed by atoms with Crippen molar-refractivity contribution in [3.05, 3.63) is 42.2 Å². The number of hydrogen-bond acceptors (Lipinski definition) is 7. The van der Waals surface area contributed by atoms with E-state index in [0.717, 1.165) is 22.2 Å². The summed E-state index contributed by atoms with van der Waals surface area (Å²) in [5.74, 6) is 0.498. The first-order valence-corrected chi connectivity index (χ1v) is 10.3. The third kappa shape index (κ3) is 2.98. The molecule has 32 heavy (non-hydrogen) atoms. The first-order chi connectivity index (χ1) is 15.4. The number of aryl methyl sites for hydroxylation is 2. The fourth-order valence-electron chi connectivity index (χ4n) is 4.44. The average Bonchev–Trinajstić information content (AvgIpc) is 3.31. The topological polar surface area (TPSA) is 135 Å². The number of rotatable bonds is 4. The van der Waals surface area contributed by atoms with Gasteiger partial charge in [0, 0.05) is 30.9 Å². The zero-order valence-corrected chi connectivity index (χ0v) is 17.8. The van der Waals surface area contributed by atoms with E-state index < -0.39 is 5.54 Å². The second-order valence-electron chi connectivity index (χ2n) is 8.40. The molecule has 1 aliphatic carbocycles. The van der Waals surface area contributed by atoms with Crippen LogP contribution in [0.2, 0.25) is 0 Å². The summed E-state index contributed by atoms with van der Waals surface area (Å²) in [5, 5.41) is 28.9. The molecule has 0 saturated heterocycles. The number of nitrogen functional groups attached to an aromatic ring is 1. The Morgan fingerprint density at radius 2 is 2.00 bits per heavy atom. The lowest BCUT2D eigenvalue weighted by molar-refractivity contribution is 0.0883. The van der Waals surface area contributed by atoms with E-state index >= 15 is 0 Å². The standard InChI is InChI=1S/C23H21N9/c1-14-13-32(23(5-6-24)10-15(11-23)12-25)30-21(14)22-16-4-3-7-27-17(16)8-18(28-22)19-9-20(26)31(2)29-19/h3-4,7-9,13,15H,5,10-11,26H2,1-2H3. The number of pyridine rings is 2. The van der Waals surface area contributed by atoms with E-state index in [2.05, 4.69) is 22.2 Å². The first-order valence-electron chi connectivity index (χ1n) is 10.3. The van der Waals surface area contributed by atoms with Crippen LogP contribution in [0.25, 0.3) is 33.7 Å².